The zero-order valence-electron chi connectivity index (χ0n) is 8.41. The van der Waals surface area contributed by atoms with Crippen molar-refractivity contribution in [3.8, 4) is 0 Å². The molecule has 0 bridgehead atoms. The predicted molar refractivity (Wildman–Crippen MR) is 59.7 cm³/mol. The van der Waals surface area contributed by atoms with Crippen LogP contribution in [0.2, 0.25) is 0 Å². The zero-order chi connectivity index (χ0) is 10.1. The average molecular weight is 196 g/mol. The minimum atomic E-state index is 1.09. The van der Waals surface area contributed by atoms with Crippen molar-refractivity contribution in [3.63, 3.8) is 0 Å². The summed E-state index contributed by atoms with van der Waals surface area (Å²) in [6.45, 7) is 9.51. The lowest BCUT2D eigenvalue weighted by atomic mass is 10.2. The van der Waals surface area contributed by atoms with Crippen LogP contribution in [0.5, 0.6) is 0 Å². The molecule has 0 amide bonds. The van der Waals surface area contributed by atoms with Crippen molar-refractivity contribution >= 4 is 12.0 Å². The maximum atomic E-state index is 4.94. The number of aryl methyl sites for hydroxylation is 1. The van der Waals surface area contributed by atoms with Crippen LogP contribution in [0.25, 0.3) is 0 Å². The van der Waals surface area contributed by atoms with Crippen LogP contribution in [0.15, 0.2) is 42.0 Å². The van der Waals surface area contributed by atoms with Gasteiger partial charge in [-0.05, 0) is 19.1 Å². The molecule has 2 heteroatoms. The van der Waals surface area contributed by atoms with Gasteiger partial charge in [-0.1, -0.05) is 38.1 Å². The van der Waals surface area contributed by atoms with E-state index in [1.54, 1.807) is 0 Å². The molecule has 1 aromatic carbocycles. The summed E-state index contributed by atoms with van der Waals surface area (Å²) in [6.07, 6.45) is 1.42. The normalized spacial score (nSPS) is 8.23. The third-order valence-electron chi connectivity index (χ3n) is 1.23. The van der Waals surface area contributed by atoms with E-state index >= 15 is 0 Å². The summed E-state index contributed by atoms with van der Waals surface area (Å²) in [5.74, 6) is 0. The number of benzene rings is 1. The second kappa shape index (κ2) is 7.74. The highest BCUT2D eigenvalue weighted by Crippen LogP contribution is 2.18. The molecule has 72 valence electrons. The fraction of sp³-hybridized carbons (Fsp3) is 0.273. The summed E-state index contributed by atoms with van der Waals surface area (Å²) in [6, 6.07) is 8.14. The van der Waals surface area contributed by atoms with Crippen LogP contribution in [-0.4, -0.2) is 0 Å². The fourth-order valence-electron chi connectivity index (χ4n) is 0.683. The van der Waals surface area contributed by atoms with Gasteiger partial charge in [0.25, 0.3) is 0 Å². The van der Waals surface area contributed by atoms with Crippen LogP contribution >= 0.6 is 12.0 Å². The van der Waals surface area contributed by atoms with Crippen molar-refractivity contribution in [2.45, 2.75) is 25.7 Å². The fourth-order valence-corrected chi connectivity index (χ4v) is 1.11. The molecule has 0 atom stereocenters. The smallest absolute Gasteiger partial charge is 0.0943 e. The van der Waals surface area contributed by atoms with E-state index in [1.165, 1.54) is 23.9 Å². The highest BCUT2D eigenvalue weighted by Gasteiger charge is 1.91. The topological polar surface area (TPSA) is 9.23 Å². The molecule has 1 aromatic rings. The molecular weight excluding hydrogens is 180 g/mol. The highest BCUT2D eigenvalue weighted by atomic mass is 32.2. The molecule has 0 saturated heterocycles. The highest BCUT2D eigenvalue weighted by molar-refractivity contribution is 7.94. The van der Waals surface area contributed by atoms with Crippen LogP contribution in [0.1, 0.15) is 19.4 Å². The van der Waals surface area contributed by atoms with Crippen molar-refractivity contribution in [2.24, 2.45) is 0 Å². The van der Waals surface area contributed by atoms with Crippen LogP contribution < -0.4 is 0 Å². The Bertz CT molecular complexity index is 228. The zero-order valence-corrected chi connectivity index (χ0v) is 9.23. The van der Waals surface area contributed by atoms with Crippen LogP contribution in [0.4, 0.5) is 0 Å². The van der Waals surface area contributed by atoms with E-state index in [2.05, 4.69) is 25.6 Å². The Hall–Kier alpha value is -0.890. The Morgan fingerprint density at radius 3 is 2.23 bits per heavy atom. The molecule has 1 rings (SSSR count). The van der Waals surface area contributed by atoms with E-state index in [1.807, 2.05) is 26.0 Å². The molecule has 0 heterocycles. The van der Waals surface area contributed by atoms with Gasteiger partial charge in [0.1, 0.15) is 0 Å². The molecule has 0 aliphatic rings. The summed E-state index contributed by atoms with van der Waals surface area (Å²) in [5.41, 5.74) is 1.26. The molecule has 0 fully saturated rings. The van der Waals surface area contributed by atoms with Gasteiger partial charge < -0.3 is 4.18 Å². The maximum Gasteiger partial charge on any atom is 0.0943 e. The third kappa shape index (κ3) is 5.36. The summed E-state index contributed by atoms with van der Waals surface area (Å²) in [4.78, 5) is 1.09. The van der Waals surface area contributed by atoms with Gasteiger partial charge in [0.2, 0.25) is 0 Å². The molecule has 0 unspecified atom stereocenters. The van der Waals surface area contributed by atoms with E-state index < -0.39 is 0 Å². The van der Waals surface area contributed by atoms with E-state index in [9.17, 15) is 0 Å². The van der Waals surface area contributed by atoms with Gasteiger partial charge >= 0.3 is 0 Å². The largest absolute Gasteiger partial charge is 0.429 e. The lowest BCUT2D eigenvalue weighted by Gasteiger charge is -1.97. The molecule has 0 aromatic heterocycles. The first-order chi connectivity index (χ1) is 6.33. The molecule has 0 radical (unpaired) electrons. The monoisotopic (exact) mass is 196 g/mol. The second-order valence-electron chi connectivity index (χ2n) is 2.16. The Balaban J connectivity index is 0.000000671. The van der Waals surface area contributed by atoms with Gasteiger partial charge in [0, 0.05) is 4.90 Å². The second-order valence-corrected chi connectivity index (χ2v) is 2.99. The predicted octanol–water partition coefficient (Wildman–Crippen LogP) is 4.19. The van der Waals surface area contributed by atoms with Crippen LogP contribution in [0.3, 0.4) is 0 Å². The SMILES string of the molecule is C=COSc1ccc(C)cc1.CC. The lowest BCUT2D eigenvalue weighted by molar-refractivity contribution is 0.568. The van der Waals surface area contributed by atoms with Crippen molar-refractivity contribution in [1.29, 1.82) is 0 Å². The summed E-state index contributed by atoms with van der Waals surface area (Å²) < 4.78 is 4.94. The van der Waals surface area contributed by atoms with Crippen molar-refractivity contribution in [1.82, 2.24) is 0 Å². The van der Waals surface area contributed by atoms with E-state index in [-0.39, 0.29) is 0 Å². The molecule has 13 heavy (non-hydrogen) atoms. The summed E-state index contributed by atoms with van der Waals surface area (Å²) in [5, 5.41) is 0. The van der Waals surface area contributed by atoms with Gasteiger partial charge in [-0.2, -0.15) is 0 Å². The first kappa shape index (κ1) is 12.1. The Morgan fingerprint density at radius 1 is 1.23 bits per heavy atom. The third-order valence-corrected chi connectivity index (χ3v) is 1.93. The van der Waals surface area contributed by atoms with Gasteiger partial charge in [0.05, 0.1) is 18.3 Å². The van der Waals surface area contributed by atoms with Gasteiger partial charge in [-0.25, -0.2) is 0 Å². The number of rotatable bonds is 3. The minimum absolute atomic E-state index is 1.09. The van der Waals surface area contributed by atoms with Crippen molar-refractivity contribution in [2.75, 3.05) is 0 Å². The first-order valence-corrected chi connectivity index (χ1v) is 5.08. The standard InChI is InChI=1S/C9H10OS.C2H6/c1-3-10-11-9-6-4-8(2)5-7-9;1-2/h3-7H,1H2,2H3;1-2H3. The van der Waals surface area contributed by atoms with Gasteiger partial charge in [-0.3, -0.25) is 0 Å². The van der Waals surface area contributed by atoms with E-state index in [0.717, 1.165) is 4.90 Å². The molecular formula is C11H16OS. The molecule has 0 saturated carbocycles. The van der Waals surface area contributed by atoms with Crippen molar-refractivity contribution < 1.29 is 4.18 Å². The minimum Gasteiger partial charge on any atom is -0.429 e. The first-order valence-electron chi connectivity index (χ1n) is 4.34. The molecule has 0 aliphatic carbocycles. The maximum absolute atomic E-state index is 4.94. The Labute approximate surface area is 85.0 Å². The molecule has 1 nitrogen and oxygen atoms in total. The lowest BCUT2D eigenvalue weighted by Crippen LogP contribution is -1.72. The summed E-state index contributed by atoms with van der Waals surface area (Å²) in [7, 11) is 0. The van der Waals surface area contributed by atoms with Crippen LogP contribution in [0, 0.1) is 6.92 Å². The Morgan fingerprint density at radius 2 is 1.77 bits per heavy atom. The van der Waals surface area contributed by atoms with Crippen LogP contribution in [-0.2, 0) is 4.18 Å². The van der Waals surface area contributed by atoms with Gasteiger partial charge in [-0.15, -0.1) is 0 Å². The van der Waals surface area contributed by atoms with Crippen molar-refractivity contribution in [3.05, 3.63) is 42.7 Å². The van der Waals surface area contributed by atoms with E-state index in [4.69, 9.17) is 4.18 Å². The molecule has 0 N–H and O–H groups in total. The average Bonchev–Trinajstić information content (AvgIpc) is 2.20. The quantitative estimate of drug-likeness (QED) is 0.529. The Kier molecular flexibility index (Phi) is 7.21. The van der Waals surface area contributed by atoms with Gasteiger partial charge in [0.15, 0.2) is 0 Å². The molecule has 0 aliphatic heterocycles. The number of hydrogen-bond acceptors (Lipinski definition) is 2. The van der Waals surface area contributed by atoms with E-state index in [0.29, 0.717) is 0 Å². The number of hydrogen-bond donors (Lipinski definition) is 0. The summed E-state index contributed by atoms with van der Waals surface area (Å²) >= 11 is 1.31. The molecule has 0 spiro atoms.